The molecule has 0 unspecified atom stereocenters. The maximum absolute atomic E-state index is 12.2. The summed E-state index contributed by atoms with van der Waals surface area (Å²) in [5.41, 5.74) is 1.65. The minimum Gasteiger partial charge on any atom is -0.352 e. The van der Waals surface area contributed by atoms with Crippen LogP contribution in [0, 0.1) is 0 Å². The molecular weight excluding hydrogens is 312 g/mol. The molecule has 1 aliphatic carbocycles. The number of rotatable bonds is 7. The van der Waals surface area contributed by atoms with E-state index in [-0.39, 0.29) is 5.91 Å². The summed E-state index contributed by atoms with van der Waals surface area (Å²) in [5, 5.41) is 7.21. The minimum atomic E-state index is -0.00710. The number of nitrogens with one attached hydrogen (secondary N) is 1. The predicted molar refractivity (Wildman–Crippen MR) is 100 cm³/mol. The summed E-state index contributed by atoms with van der Waals surface area (Å²) in [4.78, 5) is 14.7. The summed E-state index contributed by atoms with van der Waals surface area (Å²) in [6, 6.07) is 10.1. The molecule has 1 heterocycles. The van der Waals surface area contributed by atoms with Crippen molar-refractivity contribution in [2.24, 2.45) is 0 Å². The number of hydrogen-bond donors (Lipinski definition) is 1. The van der Waals surface area contributed by atoms with Gasteiger partial charge in [-0.15, -0.1) is 0 Å². The quantitative estimate of drug-likeness (QED) is 0.787. The monoisotopic (exact) mass is 340 g/mol. The van der Waals surface area contributed by atoms with E-state index in [0.29, 0.717) is 5.56 Å². The number of aromatic nitrogens is 2. The molecule has 1 fully saturated rings. The molecule has 134 valence electrons. The average molecular weight is 340 g/mol. The van der Waals surface area contributed by atoms with E-state index in [9.17, 15) is 4.79 Å². The highest BCUT2D eigenvalue weighted by atomic mass is 16.1. The van der Waals surface area contributed by atoms with Crippen LogP contribution in [-0.4, -0.2) is 46.8 Å². The topological polar surface area (TPSA) is 50.2 Å². The van der Waals surface area contributed by atoms with Crippen molar-refractivity contribution in [2.75, 3.05) is 20.1 Å². The fourth-order valence-corrected chi connectivity index (χ4v) is 3.52. The molecule has 1 N–H and O–H groups in total. The molecule has 1 aromatic carbocycles. The van der Waals surface area contributed by atoms with Crippen molar-refractivity contribution in [3.63, 3.8) is 0 Å². The Morgan fingerprint density at radius 2 is 2.00 bits per heavy atom. The van der Waals surface area contributed by atoms with Gasteiger partial charge in [0.05, 0.1) is 5.69 Å². The van der Waals surface area contributed by atoms with Gasteiger partial charge in [-0.1, -0.05) is 19.3 Å². The van der Waals surface area contributed by atoms with E-state index in [4.69, 9.17) is 0 Å². The molecule has 1 saturated carbocycles. The Labute approximate surface area is 150 Å². The van der Waals surface area contributed by atoms with Crippen LogP contribution in [0.1, 0.15) is 48.9 Å². The van der Waals surface area contributed by atoms with E-state index < -0.39 is 0 Å². The highest BCUT2D eigenvalue weighted by Crippen LogP contribution is 2.21. The van der Waals surface area contributed by atoms with Gasteiger partial charge in [0.25, 0.3) is 5.91 Å². The zero-order chi connectivity index (χ0) is 17.5. The van der Waals surface area contributed by atoms with Crippen LogP contribution in [0.3, 0.4) is 0 Å². The first-order valence-corrected chi connectivity index (χ1v) is 9.32. The van der Waals surface area contributed by atoms with Crippen LogP contribution in [0.25, 0.3) is 5.69 Å². The molecule has 0 radical (unpaired) electrons. The summed E-state index contributed by atoms with van der Waals surface area (Å²) in [7, 11) is 2.21. The molecule has 5 nitrogen and oxygen atoms in total. The summed E-state index contributed by atoms with van der Waals surface area (Å²) in [6.45, 7) is 1.76. The van der Waals surface area contributed by atoms with E-state index in [2.05, 4.69) is 22.4 Å². The van der Waals surface area contributed by atoms with Crippen molar-refractivity contribution in [3.05, 3.63) is 48.3 Å². The predicted octanol–water partition coefficient (Wildman–Crippen LogP) is 3.26. The van der Waals surface area contributed by atoms with Gasteiger partial charge in [-0.05, 0) is 63.2 Å². The van der Waals surface area contributed by atoms with Crippen LogP contribution in [0.4, 0.5) is 0 Å². The van der Waals surface area contributed by atoms with E-state index in [1.165, 1.54) is 32.1 Å². The van der Waals surface area contributed by atoms with Crippen molar-refractivity contribution in [3.8, 4) is 5.69 Å². The first kappa shape index (κ1) is 17.7. The van der Waals surface area contributed by atoms with Gasteiger partial charge in [0, 0.05) is 30.5 Å². The highest BCUT2D eigenvalue weighted by molar-refractivity contribution is 5.94. The van der Waals surface area contributed by atoms with Crippen molar-refractivity contribution in [1.29, 1.82) is 0 Å². The largest absolute Gasteiger partial charge is 0.352 e. The SMILES string of the molecule is CN(CCCNC(=O)c1ccc(-n2cccn2)cc1)C1CCCCC1. The van der Waals surface area contributed by atoms with Crippen LogP contribution in [0.2, 0.25) is 0 Å². The third kappa shape index (κ3) is 4.92. The molecular formula is C20H28N4O. The minimum absolute atomic E-state index is 0.00710. The number of hydrogen-bond acceptors (Lipinski definition) is 3. The molecule has 0 atom stereocenters. The lowest BCUT2D eigenvalue weighted by atomic mass is 9.94. The van der Waals surface area contributed by atoms with Crippen molar-refractivity contribution in [2.45, 2.75) is 44.6 Å². The lowest BCUT2D eigenvalue weighted by Gasteiger charge is -2.31. The van der Waals surface area contributed by atoms with Crippen molar-refractivity contribution < 1.29 is 4.79 Å². The number of nitrogens with zero attached hydrogens (tertiary/aromatic N) is 3. The van der Waals surface area contributed by atoms with Crippen LogP contribution in [0.15, 0.2) is 42.7 Å². The molecule has 0 bridgehead atoms. The number of amides is 1. The van der Waals surface area contributed by atoms with Crippen LogP contribution < -0.4 is 5.32 Å². The molecule has 5 heteroatoms. The van der Waals surface area contributed by atoms with Gasteiger partial charge in [-0.3, -0.25) is 4.79 Å². The second-order valence-electron chi connectivity index (χ2n) is 6.88. The van der Waals surface area contributed by atoms with E-state index in [0.717, 1.165) is 31.2 Å². The molecule has 0 aliphatic heterocycles. The lowest BCUT2D eigenvalue weighted by molar-refractivity contribution is 0.0950. The van der Waals surface area contributed by atoms with E-state index in [1.54, 1.807) is 10.9 Å². The Balaban J connectivity index is 1.40. The van der Waals surface area contributed by atoms with Gasteiger partial charge in [0.15, 0.2) is 0 Å². The summed E-state index contributed by atoms with van der Waals surface area (Å²) in [6.07, 6.45) is 11.4. The fraction of sp³-hybridized carbons (Fsp3) is 0.500. The Morgan fingerprint density at radius 3 is 2.68 bits per heavy atom. The second-order valence-corrected chi connectivity index (χ2v) is 6.88. The van der Waals surface area contributed by atoms with Crippen molar-refractivity contribution in [1.82, 2.24) is 20.0 Å². The fourth-order valence-electron chi connectivity index (χ4n) is 3.52. The van der Waals surface area contributed by atoms with E-state index in [1.807, 2.05) is 36.5 Å². The third-order valence-electron chi connectivity index (χ3n) is 5.07. The van der Waals surface area contributed by atoms with Crippen LogP contribution in [-0.2, 0) is 0 Å². The maximum Gasteiger partial charge on any atom is 0.251 e. The van der Waals surface area contributed by atoms with Gasteiger partial charge in [0.2, 0.25) is 0 Å². The molecule has 1 amide bonds. The van der Waals surface area contributed by atoms with Gasteiger partial charge in [-0.2, -0.15) is 5.10 Å². The van der Waals surface area contributed by atoms with Gasteiger partial charge >= 0.3 is 0 Å². The highest BCUT2D eigenvalue weighted by Gasteiger charge is 2.17. The zero-order valence-corrected chi connectivity index (χ0v) is 15.0. The number of carbonyl (C=O) groups excluding carboxylic acids is 1. The van der Waals surface area contributed by atoms with Gasteiger partial charge in [-0.25, -0.2) is 4.68 Å². The molecule has 0 saturated heterocycles. The normalized spacial score (nSPS) is 15.4. The zero-order valence-electron chi connectivity index (χ0n) is 15.0. The van der Waals surface area contributed by atoms with Crippen LogP contribution >= 0.6 is 0 Å². The third-order valence-corrected chi connectivity index (χ3v) is 5.07. The molecule has 25 heavy (non-hydrogen) atoms. The molecule has 3 rings (SSSR count). The molecule has 0 spiro atoms. The Kier molecular flexibility index (Phi) is 6.23. The van der Waals surface area contributed by atoms with Gasteiger partial charge < -0.3 is 10.2 Å². The average Bonchev–Trinajstić information content (AvgIpc) is 3.20. The summed E-state index contributed by atoms with van der Waals surface area (Å²) < 4.78 is 1.78. The molecule has 2 aromatic rings. The second kappa shape index (κ2) is 8.81. The lowest BCUT2D eigenvalue weighted by Crippen LogP contribution is -2.35. The van der Waals surface area contributed by atoms with Crippen LogP contribution in [0.5, 0.6) is 0 Å². The van der Waals surface area contributed by atoms with Crippen molar-refractivity contribution >= 4 is 5.91 Å². The number of benzene rings is 1. The standard InChI is InChI=1S/C20H28N4O/c1-23(18-7-3-2-4-8-18)15-5-13-21-20(25)17-9-11-19(12-10-17)24-16-6-14-22-24/h6,9-12,14,16,18H,2-5,7-8,13,15H2,1H3,(H,21,25). The Bertz CT molecular complexity index is 645. The summed E-state index contributed by atoms with van der Waals surface area (Å²) >= 11 is 0. The Hall–Kier alpha value is -2.14. The molecule has 1 aromatic heterocycles. The molecule has 1 aliphatic rings. The van der Waals surface area contributed by atoms with Gasteiger partial charge in [0.1, 0.15) is 0 Å². The first-order valence-electron chi connectivity index (χ1n) is 9.32. The Morgan fingerprint density at radius 1 is 1.24 bits per heavy atom. The smallest absolute Gasteiger partial charge is 0.251 e. The number of carbonyl (C=O) groups is 1. The maximum atomic E-state index is 12.2. The first-order chi connectivity index (χ1) is 12.2. The van der Waals surface area contributed by atoms with E-state index >= 15 is 0 Å². The summed E-state index contributed by atoms with van der Waals surface area (Å²) in [5.74, 6) is -0.00710.